The van der Waals surface area contributed by atoms with Crippen LogP contribution in [0.2, 0.25) is 0 Å². The quantitative estimate of drug-likeness (QED) is 0.417. The van der Waals surface area contributed by atoms with E-state index in [0.29, 0.717) is 0 Å². The van der Waals surface area contributed by atoms with E-state index < -0.39 is 0 Å². The van der Waals surface area contributed by atoms with E-state index in [1.165, 1.54) is 0 Å². The van der Waals surface area contributed by atoms with E-state index in [-0.39, 0.29) is 11.5 Å². The van der Waals surface area contributed by atoms with E-state index in [9.17, 15) is 10.2 Å². The molecule has 4 aromatic carbocycles. The third-order valence-corrected chi connectivity index (χ3v) is 5.19. The Hall–Kier alpha value is -3.52. The molecule has 0 heterocycles. The molecule has 0 aliphatic heterocycles. The molecule has 0 unspecified atom stereocenters. The largest absolute Gasteiger partial charge is 0.507 e. The summed E-state index contributed by atoms with van der Waals surface area (Å²) in [7, 11) is 0. The standard InChI is InChI=1S/C27H24O2/c1-18-5-3-7-22(13-18)24-16-20(9-11-26(24)28)15-21-10-12-27(29)25(17-21)23-8-4-6-19(2)14-23/h3-14,16-17,28-29H,15H2,1-2H3. The van der Waals surface area contributed by atoms with Gasteiger partial charge < -0.3 is 10.2 Å². The lowest BCUT2D eigenvalue weighted by Crippen LogP contribution is -1.91. The molecular formula is C27H24O2. The predicted octanol–water partition coefficient (Wildman–Crippen LogP) is 6.64. The van der Waals surface area contributed by atoms with E-state index in [4.69, 9.17) is 0 Å². The van der Waals surface area contributed by atoms with Crippen molar-refractivity contribution in [1.29, 1.82) is 0 Å². The molecule has 4 rings (SSSR count). The number of benzene rings is 4. The zero-order chi connectivity index (χ0) is 20.4. The highest BCUT2D eigenvalue weighted by Gasteiger charge is 2.09. The van der Waals surface area contributed by atoms with E-state index in [0.717, 1.165) is 50.9 Å². The van der Waals surface area contributed by atoms with Gasteiger partial charge in [0.15, 0.2) is 0 Å². The van der Waals surface area contributed by atoms with Crippen LogP contribution in [0.15, 0.2) is 84.9 Å². The summed E-state index contributed by atoms with van der Waals surface area (Å²) in [6.45, 7) is 4.10. The average Bonchev–Trinajstić information content (AvgIpc) is 2.71. The molecule has 0 saturated carbocycles. The Labute approximate surface area is 171 Å². The van der Waals surface area contributed by atoms with Crippen LogP contribution in [0.4, 0.5) is 0 Å². The summed E-state index contributed by atoms with van der Waals surface area (Å²) in [5.41, 5.74) is 8.24. The molecule has 29 heavy (non-hydrogen) atoms. The van der Waals surface area contributed by atoms with E-state index >= 15 is 0 Å². The van der Waals surface area contributed by atoms with Gasteiger partial charge in [-0.25, -0.2) is 0 Å². The number of phenolic OH excluding ortho intramolecular Hbond substituents is 2. The van der Waals surface area contributed by atoms with Crippen LogP contribution < -0.4 is 0 Å². The average molecular weight is 380 g/mol. The number of rotatable bonds is 4. The predicted molar refractivity (Wildman–Crippen MR) is 119 cm³/mol. The lowest BCUT2D eigenvalue weighted by molar-refractivity contribution is 0.477. The number of phenols is 2. The fourth-order valence-corrected chi connectivity index (χ4v) is 3.71. The second-order valence-electron chi connectivity index (χ2n) is 7.62. The molecule has 2 nitrogen and oxygen atoms in total. The van der Waals surface area contributed by atoms with Crippen molar-refractivity contribution in [2.24, 2.45) is 0 Å². The van der Waals surface area contributed by atoms with Crippen molar-refractivity contribution in [1.82, 2.24) is 0 Å². The maximum Gasteiger partial charge on any atom is 0.123 e. The van der Waals surface area contributed by atoms with Gasteiger partial charge in [-0.15, -0.1) is 0 Å². The van der Waals surface area contributed by atoms with E-state index in [1.54, 1.807) is 12.1 Å². The van der Waals surface area contributed by atoms with Gasteiger partial charge in [0.1, 0.15) is 11.5 Å². The molecule has 144 valence electrons. The Kier molecular flexibility index (Phi) is 5.09. The lowest BCUT2D eigenvalue weighted by atomic mass is 9.95. The number of hydrogen-bond donors (Lipinski definition) is 2. The highest BCUT2D eigenvalue weighted by molar-refractivity contribution is 5.73. The SMILES string of the molecule is Cc1cccc(-c2cc(Cc3ccc(O)c(-c4cccc(C)c4)c3)ccc2O)c1. The topological polar surface area (TPSA) is 40.5 Å². The molecule has 0 aliphatic rings. The Morgan fingerprint density at radius 3 is 1.41 bits per heavy atom. The summed E-state index contributed by atoms with van der Waals surface area (Å²) < 4.78 is 0. The Bertz CT molecular complexity index is 1080. The smallest absolute Gasteiger partial charge is 0.123 e. The van der Waals surface area contributed by atoms with Crippen molar-refractivity contribution < 1.29 is 10.2 Å². The first kappa shape index (κ1) is 18.8. The van der Waals surface area contributed by atoms with Gasteiger partial charge >= 0.3 is 0 Å². The molecule has 0 aromatic heterocycles. The van der Waals surface area contributed by atoms with Gasteiger partial charge in [0.05, 0.1) is 0 Å². The molecule has 0 spiro atoms. The summed E-state index contributed by atoms with van der Waals surface area (Å²) in [5.74, 6) is 0.566. The number of aromatic hydroxyl groups is 2. The van der Waals surface area contributed by atoms with E-state index in [1.807, 2.05) is 74.5 Å². The second-order valence-corrected chi connectivity index (χ2v) is 7.62. The Morgan fingerprint density at radius 2 is 1.00 bits per heavy atom. The maximum absolute atomic E-state index is 10.4. The normalized spacial score (nSPS) is 10.8. The van der Waals surface area contributed by atoms with Crippen LogP contribution in [0, 0.1) is 13.8 Å². The third kappa shape index (κ3) is 4.17. The molecular weight excluding hydrogens is 356 g/mol. The zero-order valence-corrected chi connectivity index (χ0v) is 16.7. The van der Waals surface area contributed by atoms with Crippen molar-refractivity contribution in [2.75, 3.05) is 0 Å². The van der Waals surface area contributed by atoms with Crippen LogP contribution in [0.5, 0.6) is 11.5 Å². The first-order chi connectivity index (χ1) is 14.0. The van der Waals surface area contributed by atoms with Gasteiger partial charge in [-0.3, -0.25) is 0 Å². The molecule has 2 heteroatoms. The van der Waals surface area contributed by atoms with Crippen LogP contribution in [-0.4, -0.2) is 10.2 Å². The van der Waals surface area contributed by atoms with Crippen molar-refractivity contribution >= 4 is 0 Å². The van der Waals surface area contributed by atoms with E-state index in [2.05, 4.69) is 12.1 Å². The van der Waals surface area contributed by atoms with Crippen molar-refractivity contribution in [3.63, 3.8) is 0 Å². The molecule has 0 bridgehead atoms. The highest BCUT2D eigenvalue weighted by atomic mass is 16.3. The molecule has 4 aromatic rings. The van der Waals surface area contributed by atoms with Gasteiger partial charge in [-0.05, 0) is 66.8 Å². The van der Waals surface area contributed by atoms with Crippen molar-refractivity contribution in [2.45, 2.75) is 20.3 Å². The molecule has 0 saturated heterocycles. The van der Waals surface area contributed by atoms with Gasteiger partial charge in [0.2, 0.25) is 0 Å². The summed E-state index contributed by atoms with van der Waals surface area (Å²) in [6.07, 6.45) is 0.720. The van der Waals surface area contributed by atoms with Gasteiger partial charge in [-0.2, -0.15) is 0 Å². The van der Waals surface area contributed by atoms with Crippen LogP contribution in [0.25, 0.3) is 22.3 Å². The molecule has 0 radical (unpaired) electrons. The van der Waals surface area contributed by atoms with Crippen LogP contribution in [0.3, 0.4) is 0 Å². The Morgan fingerprint density at radius 1 is 0.552 bits per heavy atom. The Balaban J connectivity index is 1.68. The molecule has 0 atom stereocenters. The van der Waals surface area contributed by atoms with Crippen LogP contribution in [0.1, 0.15) is 22.3 Å². The monoisotopic (exact) mass is 380 g/mol. The minimum Gasteiger partial charge on any atom is -0.507 e. The van der Waals surface area contributed by atoms with Gasteiger partial charge in [-0.1, -0.05) is 71.8 Å². The first-order valence-electron chi connectivity index (χ1n) is 9.77. The summed E-state index contributed by atoms with van der Waals surface area (Å²) in [5, 5.41) is 20.7. The minimum atomic E-state index is 0.283. The maximum atomic E-state index is 10.4. The minimum absolute atomic E-state index is 0.283. The summed E-state index contributed by atoms with van der Waals surface area (Å²) in [4.78, 5) is 0. The van der Waals surface area contributed by atoms with Gasteiger partial charge in [0, 0.05) is 11.1 Å². The molecule has 0 aliphatic carbocycles. The fourth-order valence-electron chi connectivity index (χ4n) is 3.71. The van der Waals surface area contributed by atoms with Crippen LogP contribution in [-0.2, 0) is 6.42 Å². The first-order valence-corrected chi connectivity index (χ1v) is 9.77. The fraction of sp³-hybridized carbons (Fsp3) is 0.111. The number of hydrogen-bond acceptors (Lipinski definition) is 2. The second kappa shape index (κ2) is 7.84. The third-order valence-electron chi connectivity index (χ3n) is 5.19. The van der Waals surface area contributed by atoms with Crippen molar-refractivity contribution in [3.8, 4) is 33.8 Å². The molecule has 0 fully saturated rings. The summed E-state index contributed by atoms with van der Waals surface area (Å²) >= 11 is 0. The van der Waals surface area contributed by atoms with Crippen molar-refractivity contribution in [3.05, 3.63) is 107 Å². The lowest BCUT2D eigenvalue weighted by Gasteiger charge is -2.11. The van der Waals surface area contributed by atoms with Gasteiger partial charge in [0.25, 0.3) is 0 Å². The van der Waals surface area contributed by atoms with Crippen LogP contribution >= 0.6 is 0 Å². The highest BCUT2D eigenvalue weighted by Crippen LogP contribution is 2.33. The summed E-state index contributed by atoms with van der Waals surface area (Å²) in [6, 6.07) is 27.8. The number of aryl methyl sites for hydroxylation is 2. The zero-order valence-electron chi connectivity index (χ0n) is 16.7. The molecule has 2 N–H and O–H groups in total. The molecule has 0 amide bonds.